The highest BCUT2D eigenvalue weighted by atomic mass is 16.1. The SMILES string of the molecule is C[C@@H]1CC[C@H]2C(=O)CC(C)(C)C[C@@H]12. The van der Waals surface area contributed by atoms with Crippen molar-refractivity contribution in [3.8, 4) is 0 Å². The van der Waals surface area contributed by atoms with E-state index in [2.05, 4.69) is 20.8 Å². The van der Waals surface area contributed by atoms with E-state index in [1.54, 1.807) is 0 Å². The lowest BCUT2D eigenvalue weighted by Gasteiger charge is -2.38. The fraction of sp³-hybridized carbons (Fsp3) is 0.917. The third kappa shape index (κ3) is 1.53. The zero-order valence-electron chi connectivity index (χ0n) is 8.97. The molecule has 1 heteroatoms. The molecule has 0 aromatic carbocycles. The Kier molecular flexibility index (Phi) is 2.01. The van der Waals surface area contributed by atoms with E-state index in [4.69, 9.17) is 0 Å². The van der Waals surface area contributed by atoms with Crippen LogP contribution in [0.5, 0.6) is 0 Å². The molecule has 0 spiro atoms. The van der Waals surface area contributed by atoms with Crippen LogP contribution in [0.2, 0.25) is 0 Å². The molecule has 0 N–H and O–H groups in total. The van der Waals surface area contributed by atoms with Crippen molar-refractivity contribution in [2.75, 3.05) is 0 Å². The first-order valence-electron chi connectivity index (χ1n) is 5.52. The topological polar surface area (TPSA) is 17.1 Å². The fourth-order valence-corrected chi connectivity index (χ4v) is 3.32. The molecule has 2 saturated carbocycles. The zero-order chi connectivity index (χ0) is 9.64. The van der Waals surface area contributed by atoms with Gasteiger partial charge in [-0.05, 0) is 36.5 Å². The van der Waals surface area contributed by atoms with Gasteiger partial charge in [0.25, 0.3) is 0 Å². The smallest absolute Gasteiger partial charge is 0.136 e. The maximum absolute atomic E-state index is 11.8. The number of ketones is 1. The number of carbonyl (C=O) groups excluding carboxylic acids is 1. The second-order valence-corrected chi connectivity index (χ2v) is 5.84. The van der Waals surface area contributed by atoms with Crippen LogP contribution in [-0.2, 0) is 4.79 Å². The lowest BCUT2D eigenvalue weighted by Crippen LogP contribution is -2.36. The van der Waals surface area contributed by atoms with E-state index in [-0.39, 0.29) is 5.41 Å². The van der Waals surface area contributed by atoms with Gasteiger partial charge in [0.05, 0.1) is 0 Å². The van der Waals surface area contributed by atoms with Gasteiger partial charge in [0.15, 0.2) is 0 Å². The number of hydrogen-bond acceptors (Lipinski definition) is 1. The van der Waals surface area contributed by atoms with Gasteiger partial charge in [0.2, 0.25) is 0 Å². The van der Waals surface area contributed by atoms with Crippen molar-refractivity contribution in [3.05, 3.63) is 0 Å². The van der Waals surface area contributed by atoms with Crippen molar-refractivity contribution in [1.82, 2.24) is 0 Å². The summed E-state index contributed by atoms with van der Waals surface area (Å²) in [6.45, 7) is 6.80. The van der Waals surface area contributed by atoms with E-state index in [0.29, 0.717) is 17.6 Å². The second-order valence-electron chi connectivity index (χ2n) is 5.84. The first kappa shape index (κ1) is 9.23. The van der Waals surface area contributed by atoms with Crippen LogP contribution in [0.3, 0.4) is 0 Å². The average molecular weight is 180 g/mol. The van der Waals surface area contributed by atoms with Crippen LogP contribution in [0.4, 0.5) is 0 Å². The molecule has 0 saturated heterocycles. The molecule has 0 unspecified atom stereocenters. The van der Waals surface area contributed by atoms with Gasteiger partial charge in [-0.1, -0.05) is 20.8 Å². The standard InChI is InChI=1S/C12H20O/c1-8-4-5-9-10(8)6-12(2,3)7-11(9)13/h8-10H,4-7H2,1-3H3/t8-,9-,10+/m1/s1. The minimum absolute atomic E-state index is 0.275. The number of carbonyl (C=O) groups is 1. The lowest BCUT2D eigenvalue weighted by molar-refractivity contribution is -0.130. The van der Waals surface area contributed by atoms with Crippen molar-refractivity contribution in [3.63, 3.8) is 0 Å². The number of fused-ring (bicyclic) bond motifs is 1. The Morgan fingerprint density at radius 3 is 2.69 bits per heavy atom. The molecule has 0 amide bonds. The monoisotopic (exact) mass is 180 g/mol. The fourth-order valence-electron chi connectivity index (χ4n) is 3.32. The van der Waals surface area contributed by atoms with Crippen LogP contribution < -0.4 is 0 Å². The van der Waals surface area contributed by atoms with E-state index >= 15 is 0 Å². The number of rotatable bonds is 0. The average Bonchev–Trinajstić information content (AvgIpc) is 2.30. The second kappa shape index (κ2) is 2.83. The van der Waals surface area contributed by atoms with Gasteiger partial charge < -0.3 is 0 Å². The predicted octanol–water partition coefficient (Wildman–Crippen LogP) is 3.04. The summed E-state index contributed by atoms with van der Waals surface area (Å²) in [5.41, 5.74) is 0.275. The maximum atomic E-state index is 11.8. The largest absolute Gasteiger partial charge is 0.299 e. The van der Waals surface area contributed by atoms with Gasteiger partial charge in [-0.2, -0.15) is 0 Å². The normalized spacial score (nSPS) is 43.3. The molecular formula is C12H20O. The van der Waals surface area contributed by atoms with Crippen LogP contribution in [0, 0.1) is 23.2 Å². The summed E-state index contributed by atoms with van der Waals surface area (Å²) in [6, 6.07) is 0. The highest BCUT2D eigenvalue weighted by molar-refractivity contribution is 5.83. The molecule has 2 aliphatic carbocycles. The number of hydrogen-bond donors (Lipinski definition) is 0. The summed E-state index contributed by atoms with van der Waals surface area (Å²) in [5, 5.41) is 0. The molecule has 0 heterocycles. The Morgan fingerprint density at radius 2 is 2.00 bits per heavy atom. The Hall–Kier alpha value is -0.330. The molecule has 74 valence electrons. The molecule has 3 atom stereocenters. The number of Topliss-reactive ketones (excluding diaryl/α,β-unsaturated/α-hetero) is 1. The molecule has 0 bridgehead atoms. The molecule has 2 fully saturated rings. The van der Waals surface area contributed by atoms with Gasteiger partial charge in [0.1, 0.15) is 5.78 Å². The highest BCUT2D eigenvalue weighted by Gasteiger charge is 2.45. The van der Waals surface area contributed by atoms with Gasteiger partial charge in [-0.25, -0.2) is 0 Å². The highest BCUT2D eigenvalue weighted by Crippen LogP contribution is 2.49. The Bertz CT molecular complexity index is 229. The summed E-state index contributed by atoms with van der Waals surface area (Å²) in [6.07, 6.45) is 4.53. The van der Waals surface area contributed by atoms with Crippen molar-refractivity contribution in [2.24, 2.45) is 23.2 Å². The van der Waals surface area contributed by atoms with Crippen LogP contribution >= 0.6 is 0 Å². The quantitative estimate of drug-likeness (QED) is 0.560. The predicted molar refractivity (Wildman–Crippen MR) is 53.4 cm³/mol. The van der Waals surface area contributed by atoms with Crippen molar-refractivity contribution in [2.45, 2.75) is 46.5 Å². The molecule has 1 nitrogen and oxygen atoms in total. The Morgan fingerprint density at radius 1 is 1.31 bits per heavy atom. The van der Waals surface area contributed by atoms with Crippen LogP contribution in [0.15, 0.2) is 0 Å². The molecule has 0 aromatic heterocycles. The minimum atomic E-state index is 0.275. The third-order valence-corrected chi connectivity index (χ3v) is 4.04. The van der Waals surface area contributed by atoms with Gasteiger partial charge in [-0.3, -0.25) is 4.79 Å². The van der Waals surface area contributed by atoms with E-state index in [9.17, 15) is 4.79 Å². The van der Waals surface area contributed by atoms with E-state index < -0.39 is 0 Å². The molecule has 0 aliphatic heterocycles. The lowest BCUT2D eigenvalue weighted by atomic mass is 9.66. The summed E-state index contributed by atoms with van der Waals surface area (Å²) in [7, 11) is 0. The molecule has 2 aliphatic rings. The van der Waals surface area contributed by atoms with Gasteiger partial charge >= 0.3 is 0 Å². The Labute approximate surface area is 80.9 Å². The first-order valence-corrected chi connectivity index (χ1v) is 5.52. The van der Waals surface area contributed by atoms with Gasteiger partial charge in [0, 0.05) is 12.3 Å². The zero-order valence-corrected chi connectivity index (χ0v) is 8.97. The van der Waals surface area contributed by atoms with Crippen molar-refractivity contribution in [1.29, 1.82) is 0 Å². The maximum Gasteiger partial charge on any atom is 0.136 e. The van der Waals surface area contributed by atoms with Gasteiger partial charge in [-0.15, -0.1) is 0 Å². The molecule has 0 radical (unpaired) electrons. The van der Waals surface area contributed by atoms with Crippen molar-refractivity contribution < 1.29 is 4.79 Å². The summed E-state index contributed by atoms with van der Waals surface area (Å²) < 4.78 is 0. The minimum Gasteiger partial charge on any atom is -0.299 e. The summed E-state index contributed by atoms with van der Waals surface area (Å²) >= 11 is 0. The molecule has 0 aromatic rings. The third-order valence-electron chi connectivity index (χ3n) is 4.04. The van der Waals surface area contributed by atoms with Crippen molar-refractivity contribution >= 4 is 5.78 Å². The van der Waals surface area contributed by atoms with E-state index in [1.165, 1.54) is 19.3 Å². The van der Waals surface area contributed by atoms with E-state index in [1.807, 2.05) is 0 Å². The van der Waals surface area contributed by atoms with Crippen LogP contribution in [-0.4, -0.2) is 5.78 Å². The first-order chi connectivity index (χ1) is 5.99. The summed E-state index contributed by atoms with van der Waals surface area (Å²) in [5.74, 6) is 2.47. The summed E-state index contributed by atoms with van der Waals surface area (Å²) in [4.78, 5) is 11.8. The van der Waals surface area contributed by atoms with Crippen LogP contribution in [0.25, 0.3) is 0 Å². The molecule has 13 heavy (non-hydrogen) atoms. The Balaban J connectivity index is 2.19. The molecule has 2 rings (SSSR count). The molecular weight excluding hydrogens is 160 g/mol. The van der Waals surface area contributed by atoms with E-state index in [0.717, 1.165) is 12.3 Å². The van der Waals surface area contributed by atoms with Crippen LogP contribution in [0.1, 0.15) is 46.5 Å².